The molecule has 3 aromatic carbocycles. The average molecular weight is 673 g/mol. The Morgan fingerprint density at radius 1 is 0.956 bits per heavy atom. The van der Waals surface area contributed by atoms with E-state index in [2.05, 4.69) is 5.32 Å². The molecule has 0 saturated heterocycles. The summed E-state index contributed by atoms with van der Waals surface area (Å²) in [5, 5.41) is 4.12. The lowest BCUT2D eigenvalue weighted by molar-refractivity contribution is -0.141. The molecule has 1 saturated carbocycles. The Bertz CT molecular complexity index is 1580. The third-order valence-electron chi connectivity index (χ3n) is 8.36. The van der Waals surface area contributed by atoms with E-state index in [0.717, 1.165) is 48.8 Å². The normalized spacial score (nSPS) is 14.5. The van der Waals surface area contributed by atoms with Crippen LogP contribution in [0.25, 0.3) is 0 Å². The second kappa shape index (κ2) is 16.0. The molecule has 7 nitrogen and oxygen atoms in total. The van der Waals surface area contributed by atoms with Gasteiger partial charge in [-0.25, -0.2) is 8.42 Å². The van der Waals surface area contributed by atoms with Crippen molar-refractivity contribution < 1.29 is 18.0 Å². The first-order chi connectivity index (χ1) is 21.4. The second-order valence-electron chi connectivity index (χ2n) is 12.0. The quantitative estimate of drug-likeness (QED) is 0.207. The van der Waals surface area contributed by atoms with Crippen LogP contribution in [-0.4, -0.2) is 50.0 Å². The molecule has 2 amide bonds. The van der Waals surface area contributed by atoms with Gasteiger partial charge in [-0.3, -0.25) is 13.9 Å². The molecule has 1 N–H and O–H groups in total. The van der Waals surface area contributed by atoms with Gasteiger partial charge in [0.2, 0.25) is 21.8 Å². The molecule has 1 fully saturated rings. The molecule has 1 aliphatic rings. The third-order valence-corrected chi connectivity index (χ3v) is 10.1. The number of nitrogens with zero attached hydrogens (tertiary/aromatic N) is 2. The Balaban J connectivity index is 1.63. The minimum Gasteiger partial charge on any atom is -0.352 e. The Morgan fingerprint density at radius 3 is 2.33 bits per heavy atom. The summed E-state index contributed by atoms with van der Waals surface area (Å²) in [6.45, 7) is 4.02. The number of halogens is 2. The van der Waals surface area contributed by atoms with Gasteiger partial charge in [0.05, 0.1) is 11.9 Å². The molecule has 3 aromatic rings. The van der Waals surface area contributed by atoms with Crippen LogP contribution in [0.1, 0.15) is 67.2 Å². The molecule has 242 valence electrons. The number of nitrogens with one attached hydrogen (secondary N) is 1. The molecule has 1 unspecified atom stereocenters. The van der Waals surface area contributed by atoms with E-state index in [4.69, 9.17) is 23.2 Å². The zero-order valence-electron chi connectivity index (χ0n) is 26.3. The molecular formula is C35H43Cl2N3O4S. The Hall–Kier alpha value is -3.07. The SMILES string of the molecule is Cc1ccc(C)c(N(CCCC(=O)N(Cc2ccc(Cl)cc2Cl)C(Cc2ccccc2)C(=O)NC2CCCCC2)S(C)(=O)=O)c1. The summed E-state index contributed by atoms with van der Waals surface area (Å²) in [5.41, 5.74) is 3.98. The van der Waals surface area contributed by atoms with E-state index in [0.29, 0.717) is 27.7 Å². The first-order valence-corrected chi connectivity index (χ1v) is 18.2. The molecule has 1 atom stereocenters. The van der Waals surface area contributed by atoms with Crippen LogP contribution >= 0.6 is 23.2 Å². The highest BCUT2D eigenvalue weighted by molar-refractivity contribution is 7.92. The van der Waals surface area contributed by atoms with Gasteiger partial charge in [-0.1, -0.05) is 91.0 Å². The van der Waals surface area contributed by atoms with Gasteiger partial charge in [-0.15, -0.1) is 0 Å². The predicted octanol–water partition coefficient (Wildman–Crippen LogP) is 7.25. The minimum absolute atomic E-state index is 0.0457. The van der Waals surface area contributed by atoms with E-state index in [1.165, 1.54) is 10.6 Å². The van der Waals surface area contributed by atoms with Gasteiger partial charge in [0.15, 0.2) is 0 Å². The van der Waals surface area contributed by atoms with Crippen LogP contribution in [0, 0.1) is 13.8 Å². The van der Waals surface area contributed by atoms with Crippen molar-refractivity contribution in [1.29, 1.82) is 0 Å². The van der Waals surface area contributed by atoms with Gasteiger partial charge in [0.25, 0.3) is 0 Å². The topological polar surface area (TPSA) is 86.8 Å². The zero-order valence-corrected chi connectivity index (χ0v) is 28.6. The van der Waals surface area contributed by atoms with Crippen molar-refractivity contribution >= 4 is 50.7 Å². The average Bonchev–Trinajstić information content (AvgIpc) is 2.99. The van der Waals surface area contributed by atoms with Gasteiger partial charge in [0, 0.05) is 42.0 Å². The number of hydrogen-bond acceptors (Lipinski definition) is 4. The van der Waals surface area contributed by atoms with Crippen molar-refractivity contribution in [2.75, 3.05) is 17.1 Å². The van der Waals surface area contributed by atoms with E-state index >= 15 is 0 Å². The summed E-state index contributed by atoms with van der Waals surface area (Å²) in [6, 6.07) is 19.7. The van der Waals surface area contributed by atoms with Crippen molar-refractivity contribution in [3.05, 3.63) is 99.0 Å². The second-order valence-corrected chi connectivity index (χ2v) is 14.8. The Labute approximate surface area is 278 Å². The summed E-state index contributed by atoms with van der Waals surface area (Å²) in [5.74, 6) is -0.451. The summed E-state index contributed by atoms with van der Waals surface area (Å²) < 4.78 is 27.1. The number of carbonyl (C=O) groups is 2. The molecule has 45 heavy (non-hydrogen) atoms. The third kappa shape index (κ3) is 9.96. The largest absolute Gasteiger partial charge is 0.352 e. The van der Waals surface area contributed by atoms with Gasteiger partial charge >= 0.3 is 0 Å². The molecule has 10 heteroatoms. The smallest absolute Gasteiger partial charge is 0.243 e. The van der Waals surface area contributed by atoms with E-state index in [1.807, 2.05) is 62.4 Å². The van der Waals surface area contributed by atoms with Gasteiger partial charge in [-0.05, 0) is 73.6 Å². The number of carbonyl (C=O) groups excluding carboxylic acids is 2. The van der Waals surface area contributed by atoms with Crippen LogP contribution in [0.5, 0.6) is 0 Å². The molecule has 0 spiro atoms. The highest BCUT2D eigenvalue weighted by atomic mass is 35.5. The lowest BCUT2D eigenvalue weighted by atomic mass is 9.94. The first kappa shape index (κ1) is 34.8. The summed E-state index contributed by atoms with van der Waals surface area (Å²) >= 11 is 12.7. The Morgan fingerprint density at radius 2 is 1.67 bits per heavy atom. The number of aryl methyl sites for hydroxylation is 2. The Kier molecular flexibility index (Phi) is 12.3. The van der Waals surface area contributed by atoms with E-state index in [9.17, 15) is 18.0 Å². The van der Waals surface area contributed by atoms with Crippen LogP contribution in [0.15, 0.2) is 66.7 Å². The highest BCUT2D eigenvalue weighted by Gasteiger charge is 2.32. The maximum atomic E-state index is 14.2. The standard InChI is InChI=1S/C35H43Cl2N3O4S/c1-25-16-17-26(2)32(21-25)40(45(3,43)44)20-10-15-34(41)39(24-28-18-19-29(36)23-31(28)37)33(22-27-11-6-4-7-12-27)35(42)38-30-13-8-5-9-14-30/h4,6-7,11-12,16-19,21,23,30,33H,5,8-10,13-15,20,22,24H2,1-3H3,(H,38,42). The van der Waals surface area contributed by atoms with Crippen LogP contribution < -0.4 is 9.62 Å². The van der Waals surface area contributed by atoms with E-state index in [-0.39, 0.29) is 43.8 Å². The van der Waals surface area contributed by atoms with Crippen molar-refractivity contribution in [3.8, 4) is 0 Å². The van der Waals surface area contributed by atoms with Crippen LogP contribution in [0.3, 0.4) is 0 Å². The molecule has 0 aliphatic heterocycles. The van der Waals surface area contributed by atoms with Crippen molar-refractivity contribution in [3.63, 3.8) is 0 Å². The molecule has 0 aromatic heterocycles. The fourth-order valence-corrected chi connectivity index (χ4v) is 7.39. The number of sulfonamides is 1. The van der Waals surface area contributed by atoms with E-state index in [1.54, 1.807) is 23.1 Å². The highest BCUT2D eigenvalue weighted by Crippen LogP contribution is 2.27. The molecule has 4 rings (SSSR count). The van der Waals surface area contributed by atoms with Gasteiger partial charge < -0.3 is 10.2 Å². The number of rotatable bonds is 13. The monoisotopic (exact) mass is 671 g/mol. The number of amides is 2. The number of anilines is 1. The zero-order chi connectivity index (χ0) is 32.6. The fraction of sp³-hybridized carbons (Fsp3) is 0.429. The van der Waals surface area contributed by atoms with Crippen LogP contribution in [0.4, 0.5) is 5.69 Å². The minimum atomic E-state index is -3.61. The fourth-order valence-electron chi connectivity index (χ4n) is 5.90. The van der Waals surface area contributed by atoms with Crippen LogP contribution in [0.2, 0.25) is 10.0 Å². The lowest BCUT2D eigenvalue weighted by Gasteiger charge is -2.34. The summed E-state index contributed by atoms with van der Waals surface area (Å²) in [7, 11) is -3.61. The number of hydrogen-bond donors (Lipinski definition) is 1. The molecule has 0 bridgehead atoms. The lowest BCUT2D eigenvalue weighted by Crippen LogP contribution is -2.53. The van der Waals surface area contributed by atoms with Crippen molar-refractivity contribution in [2.45, 2.75) is 83.8 Å². The molecule has 0 heterocycles. The van der Waals surface area contributed by atoms with Crippen molar-refractivity contribution in [1.82, 2.24) is 10.2 Å². The number of benzene rings is 3. The van der Waals surface area contributed by atoms with Crippen LogP contribution in [-0.2, 0) is 32.6 Å². The first-order valence-electron chi connectivity index (χ1n) is 15.5. The summed E-state index contributed by atoms with van der Waals surface area (Å²) in [6.07, 6.45) is 6.94. The summed E-state index contributed by atoms with van der Waals surface area (Å²) in [4.78, 5) is 29.8. The molecule has 1 aliphatic carbocycles. The van der Waals surface area contributed by atoms with E-state index < -0.39 is 16.1 Å². The van der Waals surface area contributed by atoms with Gasteiger partial charge in [0.1, 0.15) is 6.04 Å². The molecule has 0 radical (unpaired) electrons. The predicted molar refractivity (Wildman–Crippen MR) is 183 cm³/mol. The van der Waals surface area contributed by atoms with Gasteiger partial charge in [-0.2, -0.15) is 0 Å². The maximum Gasteiger partial charge on any atom is 0.243 e. The van der Waals surface area contributed by atoms with Crippen molar-refractivity contribution in [2.24, 2.45) is 0 Å². The maximum absolute atomic E-state index is 14.2. The molecular weight excluding hydrogens is 629 g/mol.